The first-order valence-corrected chi connectivity index (χ1v) is 5.78. The highest BCUT2D eigenvalue weighted by Crippen LogP contribution is 2.27. The van der Waals surface area contributed by atoms with Gasteiger partial charge in [0.15, 0.2) is 0 Å². The molecule has 0 saturated carbocycles. The Balaban J connectivity index is 2.35. The minimum absolute atomic E-state index is 0.549. The molecule has 1 aromatic carbocycles. The molecule has 1 heterocycles. The molecule has 0 radical (unpaired) electrons. The number of anilines is 1. The SMILES string of the molecule is CCOc1ccc(-c2nc(OC)ccc2N)cc1. The lowest BCUT2D eigenvalue weighted by atomic mass is 10.1. The molecule has 0 bridgehead atoms. The van der Waals surface area contributed by atoms with Gasteiger partial charge in [-0.05, 0) is 37.3 Å². The first-order chi connectivity index (χ1) is 8.74. The molecule has 0 amide bonds. The summed E-state index contributed by atoms with van der Waals surface area (Å²) in [6.07, 6.45) is 0. The van der Waals surface area contributed by atoms with E-state index in [4.69, 9.17) is 15.2 Å². The minimum atomic E-state index is 0.549. The summed E-state index contributed by atoms with van der Waals surface area (Å²) in [5.74, 6) is 1.39. The topological polar surface area (TPSA) is 57.4 Å². The molecule has 4 nitrogen and oxygen atoms in total. The van der Waals surface area contributed by atoms with E-state index in [2.05, 4.69) is 4.98 Å². The van der Waals surface area contributed by atoms with Crippen molar-refractivity contribution in [3.63, 3.8) is 0 Å². The van der Waals surface area contributed by atoms with Gasteiger partial charge in [-0.2, -0.15) is 0 Å². The number of nitrogens with zero attached hydrogens (tertiary/aromatic N) is 1. The molecule has 2 rings (SSSR count). The van der Waals surface area contributed by atoms with E-state index in [1.165, 1.54) is 0 Å². The van der Waals surface area contributed by atoms with Gasteiger partial charge in [-0.15, -0.1) is 0 Å². The molecule has 4 heteroatoms. The van der Waals surface area contributed by atoms with Crippen LogP contribution in [0.15, 0.2) is 36.4 Å². The van der Waals surface area contributed by atoms with Crippen LogP contribution in [0.5, 0.6) is 11.6 Å². The van der Waals surface area contributed by atoms with E-state index < -0.39 is 0 Å². The summed E-state index contributed by atoms with van der Waals surface area (Å²) in [4.78, 5) is 4.35. The molecule has 18 heavy (non-hydrogen) atoms. The van der Waals surface area contributed by atoms with Gasteiger partial charge in [0.1, 0.15) is 5.75 Å². The van der Waals surface area contributed by atoms with Gasteiger partial charge >= 0.3 is 0 Å². The van der Waals surface area contributed by atoms with Gasteiger partial charge in [-0.3, -0.25) is 0 Å². The predicted octanol–water partition coefficient (Wildman–Crippen LogP) is 2.74. The molecule has 0 spiro atoms. The lowest BCUT2D eigenvalue weighted by Gasteiger charge is -2.08. The average Bonchev–Trinajstić information content (AvgIpc) is 2.41. The van der Waals surface area contributed by atoms with E-state index in [0.717, 1.165) is 17.0 Å². The maximum Gasteiger partial charge on any atom is 0.213 e. The molecule has 0 aliphatic heterocycles. The summed E-state index contributed by atoms with van der Waals surface area (Å²) >= 11 is 0. The molecule has 0 aliphatic carbocycles. The van der Waals surface area contributed by atoms with Gasteiger partial charge in [0, 0.05) is 11.6 Å². The third-order valence-electron chi connectivity index (χ3n) is 2.55. The number of pyridine rings is 1. The van der Waals surface area contributed by atoms with Gasteiger partial charge in [0.25, 0.3) is 0 Å². The van der Waals surface area contributed by atoms with Crippen LogP contribution >= 0.6 is 0 Å². The van der Waals surface area contributed by atoms with Crippen LogP contribution in [-0.4, -0.2) is 18.7 Å². The van der Waals surface area contributed by atoms with Gasteiger partial charge < -0.3 is 15.2 Å². The van der Waals surface area contributed by atoms with Crippen LogP contribution in [0.2, 0.25) is 0 Å². The molecule has 0 aliphatic rings. The Bertz CT molecular complexity index is 524. The number of hydrogen-bond donors (Lipinski definition) is 1. The first kappa shape index (κ1) is 12.2. The zero-order valence-electron chi connectivity index (χ0n) is 10.5. The smallest absolute Gasteiger partial charge is 0.213 e. The Morgan fingerprint density at radius 1 is 1.11 bits per heavy atom. The molecular weight excluding hydrogens is 228 g/mol. The molecule has 2 N–H and O–H groups in total. The summed E-state index contributed by atoms with van der Waals surface area (Å²) in [6, 6.07) is 11.2. The van der Waals surface area contributed by atoms with Crippen molar-refractivity contribution in [3.05, 3.63) is 36.4 Å². The molecule has 0 saturated heterocycles. The number of nitrogen functional groups attached to an aromatic ring is 1. The molecule has 1 aromatic heterocycles. The molecule has 0 unspecified atom stereocenters. The molecule has 0 atom stereocenters. The van der Waals surface area contributed by atoms with E-state index >= 15 is 0 Å². The summed E-state index contributed by atoms with van der Waals surface area (Å²) in [7, 11) is 1.58. The van der Waals surface area contributed by atoms with E-state index in [1.807, 2.05) is 31.2 Å². The van der Waals surface area contributed by atoms with Crippen LogP contribution in [0.25, 0.3) is 11.3 Å². The number of hydrogen-bond acceptors (Lipinski definition) is 4. The van der Waals surface area contributed by atoms with Crippen LogP contribution in [0.3, 0.4) is 0 Å². The highest BCUT2D eigenvalue weighted by atomic mass is 16.5. The Morgan fingerprint density at radius 3 is 2.44 bits per heavy atom. The zero-order chi connectivity index (χ0) is 13.0. The number of aromatic nitrogens is 1. The number of ether oxygens (including phenoxy) is 2. The fourth-order valence-electron chi connectivity index (χ4n) is 1.67. The van der Waals surface area contributed by atoms with Crippen LogP contribution in [-0.2, 0) is 0 Å². The Kier molecular flexibility index (Phi) is 3.67. The third kappa shape index (κ3) is 2.53. The van der Waals surface area contributed by atoms with Gasteiger partial charge in [-0.1, -0.05) is 0 Å². The van der Waals surface area contributed by atoms with E-state index in [0.29, 0.717) is 18.2 Å². The van der Waals surface area contributed by atoms with Crippen LogP contribution in [0.4, 0.5) is 5.69 Å². The van der Waals surface area contributed by atoms with Crippen molar-refractivity contribution in [1.82, 2.24) is 4.98 Å². The number of methoxy groups -OCH3 is 1. The second kappa shape index (κ2) is 5.40. The second-order valence-electron chi connectivity index (χ2n) is 3.75. The van der Waals surface area contributed by atoms with Crippen molar-refractivity contribution in [2.75, 3.05) is 19.5 Å². The Labute approximate surface area is 106 Å². The fraction of sp³-hybridized carbons (Fsp3) is 0.214. The van der Waals surface area contributed by atoms with E-state index in [-0.39, 0.29) is 0 Å². The van der Waals surface area contributed by atoms with Gasteiger partial charge in [-0.25, -0.2) is 4.98 Å². The molecule has 2 aromatic rings. The third-order valence-corrected chi connectivity index (χ3v) is 2.55. The summed E-state index contributed by atoms with van der Waals surface area (Å²) in [5.41, 5.74) is 8.21. The van der Waals surface area contributed by atoms with Crippen molar-refractivity contribution < 1.29 is 9.47 Å². The van der Waals surface area contributed by atoms with Crippen LogP contribution in [0, 0.1) is 0 Å². The summed E-state index contributed by atoms with van der Waals surface area (Å²) in [6.45, 7) is 2.61. The highest BCUT2D eigenvalue weighted by molar-refractivity contribution is 5.73. The maximum atomic E-state index is 5.92. The average molecular weight is 244 g/mol. The number of rotatable bonds is 4. The largest absolute Gasteiger partial charge is 0.494 e. The van der Waals surface area contributed by atoms with E-state index in [9.17, 15) is 0 Å². The predicted molar refractivity (Wildman–Crippen MR) is 71.8 cm³/mol. The number of benzene rings is 1. The van der Waals surface area contributed by atoms with Crippen LogP contribution in [0.1, 0.15) is 6.92 Å². The fourth-order valence-corrected chi connectivity index (χ4v) is 1.67. The van der Waals surface area contributed by atoms with Crippen LogP contribution < -0.4 is 15.2 Å². The van der Waals surface area contributed by atoms with Crippen molar-refractivity contribution in [3.8, 4) is 22.9 Å². The lowest BCUT2D eigenvalue weighted by molar-refractivity contribution is 0.340. The number of nitrogens with two attached hydrogens (primary N) is 1. The van der Waals surface area contributed by atoms with Crippen molar-refractivity contribution in [2.24, 2.45) is 0 Å². The first-order valence-electron chi connectivity index (χ1n) is 5.78. The normalized spacial score (nSPS) is 10.1. The quantitative estimate of drug-likeness (QED) is 0.898. The van der Waals surface area contributed by atoms with Crippen molar-refractivity contribution in [2.45, 2.75) is 6.92 Å². The minimum Gasteiger partial charge on any atom is -0.494 e. The standard InChI is InChI=1S/C14H16N2O2/c1-3-18-11-6-4-10(5-7-11)14-12(15)8-9-13(16-14)17-2/h4-9H,3,15H2,1-2H3. The highest BCUT2D eigenvalue weighted by Gasteiger charge is 2.06. The molecule has 0 fully saturated rings. The van der Waals surface area contributed by atoms with Crippen molar-refractivity contribution in [1.29, 1.82) is 0 Å². The van der Waals surface area contributed by atoms with Gasteiger partial charge in [0.05, 0.1) is 25.1 Å². The Hall–Kier alpha value is -2.23. The Morgan fingerprint density at radius 2 is 1.83 bits per heavy atom. The molecule has 94 valence electrons. The maximum absolute atomic E-state index is 5.92. The lowest BCUT2D eigenvalue weighted by Crippen LogP contribution is -1.96. The van der Waals surface area contributed by atoms with Crippen molar-refractivity contribution >= 4 is 5.69 Å². The summed E-state index contributed by atoms with van der Waals surface area (Å²) < 4.78 is 10.5. The monoisotopic (exact) mass is 244 g/mol. The van der Waals surface area contributed by atoms with E-state index in [1.54, 1.807) is 19.2 Å². The van der Waals surface area contributed by atoms with Gasteiger partial charge in [0.2, 0.25) is 5.88 Å². The second-order valence-corrected chi connectivity index (χ2v) is 3.75. The molecular formula is C14H16N2O2. The zero-order valence-corrected chi connectivity index (χ0v) is 10.5. The summed E-state index contributed by atoms with van der Waals surface area (Å²) in [5, 5.41) is 0.